The predicted molar refractivity (Wildman–Crippen MR) is 133 cm³/mol. The van der Waals surface area contributed by atoms with Crippen LogP contribution in [-0.2, 0) is 9.53 Å². The van der Waals surface area contributed by atoms with Gasteiger partial charge in [0.25, 0.3) is 5.56 Å². The quantitative estimate of drug-likeness (QED) is 0.448. The van der Waals surface area contributed by atoms with Crippen LogP contribution in [0.4, 0.5) is 0 Å². The van der Waals surface area contributed by atoms with E-state index in [9.17, 15) is 9.59 Å². The van der Waals surface area contributed by atoms with E-state index in [0.29, 0.717) is 50.9 Å². The second-order valence-corrected chi connectivity index (χ2v) is 8.66. The van der Waals surface area contributed by atoms with E-state index >= 15 is 0 Å². The van der Waals surface area contributed by atoms with Crippen molar-refractivity contribution in [3.63, 3.8) is 0 Å². The van der Waals surface area contributed by atoms with Gasteiger partial charge in [0.05, 0.1) is 41.7 Å². The molecule has 1 aliphatic heterocycles. The topological polar surface area (TPSA) is 92.0 Å². The molecule has 35 heavy (non-hydrogen) atoms. The Balaban J connectivity index is 1.95. The summed E-state index contributed by atoms with van der Waals surface area (Å²) < 4.78 is 18.9. The van der Waals surface area contributed by atoms with Gasteiger partial charge in [0.15, 0.2) is 16.3 Å². The van der Waals surface area contributed by atoms with Crippen LogP contribution >= 0.6 is 11.3 Å². The van der Waals surface area contributed by atoms with Crippen molar-refractivity contribution in [1.29, 1.82) is 0 Å². The second-order valence-electron chi connectivity index (χ2n) is 7.66. The van der Waals surface area contributed by atoms with Crippen LogP contribution in [0.1, 0.15) is 44.9 Å². The first-order chi connectivity index (χ1) is 17.0. The van der Waals surface area contributed by atoms with Crippen molar-refractivity contribution in [3.8, 4) is 11.5 Å². The van der Waals surface area contributed by atoms with Crippen LogP contribution in [0.25, 0.3) is 6.08 Å². The summed E-state index contributed by atoms with van der Waals surface area (Å²) in [5, 5.41) is 0. The molecule has 9 heteroatoms. The highest BCUT2D eigenvalue weighted by Gasteiger charge is 2.34. The minimum Gasteiger partial charge on any atom is -0.490 e. The molecule has 0 saturated carbocycles. The summed E-state index contributed by atoms with van der Waals surface area (Å²) in [6.45, 7) is 8.43. The molecule has 0 aliphatic carbocycles. The van der Waals surface area contributed by atoms with Gasteiger partial charge in [0.1, 0.15) is 0 Å². The van der Waals surface area contributed by atoms with E-state index in [0.717, 1.165) is 5.56 Å². The van der Waals surface area contributed by atoms with Crippen LogP contribution in [0, 0.1) is 0 Å². The molecular formula is C26H27N3O5S. The van der Waals surface area contributed by atoms with E-state index in [2.05, 4.69) is 9.98 Å². The lowest BCUT2D eigenvalue weighted by molar-refractivity contribution is -0.139. The normalized spacial score (nSPS) is 15.4. The maximum Gasteiger partial charge on any atom is 0.338 e. The van der Waals surface area contributed by atoms with Crippen LogP contribution in [0.2, 0.25) is 0 Å². The van der Waals surface area contributed by atoms with Gasteiger partial charge < -0.3 is 14.2 Å². The summed E-state index contributed by atoms with van der Waals surface area (Å²) in [6.07, 6.45) is 5.14. The van der Waals surface area contributed by atoms with Gasteiger partial charge >= 0.3 is 5.97 Å². The van der Waals surface area contributed by atoms with Crippen molar-refractivity contribution < 1.29 is 19.0 Å². The SMILES string of the molecule is CCOC(=O)C1=C(C)N=c2sc(=Cc3ccncc3)c(=O)n2C1c1ccc(OCC)c(OCC)c1. The second kappa shape index (κ2) is 10.7. The number of esters is 1. The van der Waals surface area contributed by atoms with E-state index in [4.69, 9.17) is 14.2 Å². The molecule has 0 amide bonds. The number of rotatable bonds is 8. The number of carbonyl (C=O) groups is 1. The summed E-state index contributed by atoms with van der Waals surface area (Å²) in [4.78, 5) is 35.9. The predicted octanol–water partition coefficient (Wildman–Crippen LogP) is 2.99. The molecule has 3 aromatic rings. The molecule has 3 heterocycles. The van der Waals surface area contributed by atoms with Gasteiger partial charge in [-0.2, -0.15) is 0 Å². The van der Waals surface area contributed by atoms with Crippen molar-refractivity contribution >= 4 is 23.4 Å². The lowest BCUT2D eigenvalue weighted by atomic mass is 9.95. The summed E-state index contributed by atoms with van der Waals surface area (Å²) in [6, 6.07) is 8.39. The maximum atomic E-state index is 13.7. The highest BCUT2D eigenvalue weighted by atomic mass is 32.1. The smallest absolute Gasteiger partial charge is 0.338 e. The van der Waals surface area contributed by atoms with E-state index in [1.807, 2.05) is 38.1 Å². The third-order valence-electron chi connectivity index (χ3n) is 5.40. The molecule has 0 bridgehead atoms. The molecule has 182 valence electrons. The highest BCUT2D eigenvalue weighted by Crippen LogP contribution is 2.36. The van der Waals surface area contributed by atoms with Crippen molar-refractivity contribution in [1.82, 2.24) is 9.55 Å². The van der Waals surface area contributed by atoms with Crippen LogP contribution in [0.3, 0.4) is 0 Å². The molecular weight excluding hydrogens is 466 g/mol. The Morgan fingerprint density at radius 2 is 1.77 bits per heavy atom. The number of allylic oxidation sites excluding steroid dienone is 1. The van der Waals surface area contributed by atoms with Gasteiger partial charge in [-0.05, 0) is 69.2 Å². The number of hydrogen-bond acceptors (Lipinski definition) is 8. The molecule has 1 atom stereocenters. The van der Waals surface area contributed by atoms with Crippen molar-refractivity contribution in [2.24, 2.45) is 4.99 Å². The largest absolute Gasteiger partial charge is 0.490 e. The van der Waals surface area contributed by atoms with E-state index in [1.54, 1.807) is 43.0 Å². The van der Waals surface area contributed by atoms with E-state index in [-0.39, 0.29) is 12.2 Å². The summed E-state index contributed by atoms with van der Waals surface area (Å²) >= 11 is 1.28. The number of fused-ring (bicyclic) bond motifs is 1. The first-order valence-corrected chi connectivity index (χ1v) is 12.3. The Morgan fingerprint density at radius 1 is 1.06 bits per heavy atom. The number of nitrogens with zero attached hydrogens (tertiary/aromatic N) is 3. The third kappa shape index (κ3) is 4.90. The molecule has 4 rings (SSSR count). The molecule has 0 saturated heterocycles. The number of pyridine rings is 1. The van der Waals surface area contributed by atoms with E-state index < -0.39 is 12.0 Å². The monoisotopic (exact) mass is 493 g/mol. The summed E-state index contributed by atoms with van der Waals surface area (Å²) in [7, 11) is 0. The Kier molecular flexibility index (Phi) is 7.45. The lowest BCUT2D eigenvalue weighted by Gasteiger charge is -2.25. The first-order valence-electron chi connectivity index (χ1n) is 11.5. The third-order valence-corrected chi connectivity index (χ3v) is 6.39. The Morgan fingerprint density at radius 3 is 2.46 bits per heavy atom. The molecule has 0 radical (unpaired) electrons. The molecule has 1 aliphatic rings. The van der Waals surface area contributed by atoms with Gasteiger partial charge in [0, 0.05) is 12.4 Å². The highest BCUT2D eigenvalue weighted by molar-refractivity contribution is 7.07. The zero-order valence-electron chi connectivity index (χ0n) is 20.1. The van der Waals surface area contributed by atoms with Gasteiger partial charge in [-0.1, -0.05) is 17.4 Å². The standard InChI is InChI=1S/C26H27N3O5S/c1-5-32-19-9-8-18(15-20(19)33-6-2)23-22(25(31)34-7-3)16(4)28-26-29(23)24(30)21(35-26)14-17-10-12-27-13-11-17/h8-15,23H,5-7H2,1-4H3. The van der Waals surface area contributed by atoms with Gasteiger partial charge in [-0.15, -0.1) is 0 Å². The fourth-order valence-corrected chi connectivity index (χ4v) is 5.00. The van der Waals surface area contributed by atoms with Crippen LogP contribution in [-0.4, -0.2) is 35.3 Å². The first kappa shape index (κ1) is 24.4. The van der Waals surface area contributed by atoms with Crippen molar-refractivity contribution in [3.05, 3.63) is 84.8 Å². The summed E-state index contributed by atoms with van der Waals surface area (Å²) in [5.74, 6) is 0.638. The van der Waals surface area contributed by atoms with Crippen LogP contribution < -0.4 is 24.4 Å². The number of ether oxygens (including phenoxy) is 3. The number of hydrogen-bond donors (Lipinski definition) is 0. The Labute approximate surface area is 206 Å². The fourth-order valence-electron chi connectivity index (χ4n) is 3.96. The molecule has 1 aromatic carbocycles. The Hall–Kier alpha value is -3.72. The van der Waals surface area contributed by atoms with Gasteiger partial charge in [-0.25, -0.2) is 9.79 Å². The molecule has 8 nitrogen and oxygen atoms in total. The molecule has 0 fully saturated rings. The minimum atomic E-state index is -0.722. The van der Waals surface area contributed by atoms with Gasteiger partial charge in [-0.3, -0.25) is 14.3 Å². The van der Waals surface area contributed by atoms with Crippen molar-refractivity contribution in [2.45, 2.75) is 33.7 Å². The lowest BCUT2D eigenvalue weighted by Crippen LogP contribution is -2.40. The van der Waals surface area contributed by atoms with Crippen LogP contribution in [0.5, 0.6) is 11.5 Å². The molecule has 2 aromatic heterocycles. The fraction of sp³-hybridized carbons (Fsp3) is 0.308. The summed E-state index contributed by atoms with van der Waals surface area (Å²) in [5.41, 5.74) is 2.14. The average molecular weight is 494 g/mol. The molecule has 1 unspecified atom stereocenters. The van der Waals surface area contributed by atoms with Crippen LogP contribution in [0.15, 0.2) is 63.8 Å². The number of thiazole rings is 1. The molecule has 0 spiro atoms. The number of benzene rings is 1. The van der Waals surface area contributed by atoms with Gasteiger partial charge in [0.2, 0.25) is 0 Å². The average Bonchev–Trinajstić information content (AvgIpc) is 3.14. The number of carbonyl (C=O) groups excluding carboxylic acids is 1. The maximum absolute atomic E-state index is 13.7. The van der Waals surface area contributed by atoms with E-state index in [1.165, 1.54) is 11.3 Å². The number of aromatic nitrogens is 2. The Bertz CT molecular complexity index is 1440. The van der Waals surface area contributed by atoms with Crippen molar-refractivity contribution in [2.75, 3.05) is 19.8 Å². The zero-order valence-corrected chi connectivity index (χ0v) is 20.9. The molecule has 0 N–H and O–H groups in total. The minimum absolute atomic E-state index is 0.211. The zero-order chi connectivity index (χ0) is 24.9.